The van der Waals surface area contributed by atoms with Crippen LogP contribution in [0.25, 0.3) is 11.4 Å². The van der Waals surface area contributed by atoms with E-state index in [0.29, 0.717) is 22.8 Å². The molecule has 3 heterocycles. The second-order valence-electron chi connectivity index (χ2n) is 7.18. The van der Waals surface area contributed by atoms with Gasteiger partial charge in [0.05, 0.1) is 12.0 Å². The smallest absolute Gasteiger partial charge is 0.267 e. The molecule has 10 heteroatoms. The number of carbonyl (C=O) groups is 1. The van der Waals surface area contributed by atoms with Gasteiger partial charge in [-0.05, 0) is 47.2 Å². The summed E-state index contributed by atoms with van der Waals surface area (Å²) in [5.74, 6) is 0.112. The highest BCUT2D eigenvalue weighted by atomic mass is 35.5. The third-order valence-electron chi connectivity index (χ3n) is 5.03. The number of nitrogens with zero attached hydrogens (tertiary/aromatic N) is 6. The van der Waals surface area contributed by atoms with E-state index in [0.717, 1.165) is 16.1 Å². The number of amides is 1. The molecule has 1 aliphatic rings. The number of hydrogen-bond acceptors (Lipinski definition) is 6. The average molecular weight is 451 g/mol. The summed E-state index contributed by atoms with van der Waals surface area (Å²) in [6.45, 7) is -0.184. The SMILES string of the molecule is O=C(Cn1nnc(-c2cccc(F)c2)n1)N1N=C(c2ccc(Cl)cc2)CC1c1ccco1. The van der Waals surface area contributed by atoms with E-state index < -0.39 is 11.9 Å². The van der Waals surface area contributed by atoms with Crippen LogP contribution < -0.4 is 0 Å². The first-order chi connectivity index (χ1) is 15.6. The molecule has 0 bridgehead atoms. The second-order valence-corrected chi connectivity index (χ2v) is 7.62. The maximum Gasteiger partial charge on any atom is 0.267 e. The van der Waals surface area contributed by atoms with E-state index in [2.05, 4.69) is 20.5 Å². The van der Waals surface area contributed by atoms with E-state index >= 15 is 0 Å². The third-order valence-corrected chi connectivity index (χ3v) is 5.28. The number of halogens is 2. The molecule has 0 fully saturated rings. The molecule has 1 unspecified atom stereocenters. The molecule has 5 rings (SSSR count). The molecule has 160 valence electrons. The Balaban J connectivity index is 1.39. The second kappa shape index (κ2) is 8.35. The van der Waals surface area contributed by atoms with Gasteiger partial charge in [-0.1, -0.05) is 35.9 Å². The van der Waals surface area contributed by atoms with Crippen molar-refractivity contribution in [1.29, 1.82) is 0 Å². The number of furan rings is 1. The fourth-order valence-electron chi connectivity index (χ4n) is 3.51. The van der Waals surface area contributed by atoms with Gasteiger partial charge in [-0.2, -0.15) is 9.90 Å². The topological polar surface area (TPSA) is 89.4 Å². The highest BCUT2D eigenvalue weighted by Crippen LogP contribution is 2.33. The Labute approximate surface area is 186 Å². The van der Waals surface area contributed by atoms with Gasteiger partial charge in [0.25, 0.3) is 5.91 Å². The average Bonchev–Trinajstić information content (AvgIpc) is 3.54. The summed E-state index contributed by atoms with van der Waals surface area (Å²) in [5, 5.41) is 18.6. The van der Waals surface area contributed by atoms with Crippen LogP contribution >= 0.6 is 11.6 Å². The molecule has 0 saturated heterocycles. The van der Waals surface area contributed by atoms with Crippen molar-refractivity contribution < 1.29 is 13.6 Å². The molecule has 0 spiro atoms. The largest absolute Gasteiger partial charge is 0.467 e. The van der Waals surface area contributed by atoms with Crippen LogP contribution in [0.4, 0.5) is 4.39 Å². The van der Waals surface area contributed by atoms with Crippen LogP contribution in [0.2, 0.25) is 5.02 Å². The Hall–Kier alpha value is -3.85. The van der Waals surface area contributed by atoms with Crippen molar-refractivity contribution in [3.05, 3.63) is 89.1 Å². The van der Waals surface area contributed by atoms with E-state index in [1.807, 2.05) is 12.1 Å². The summed E-state index contributed by atoms with van der Waals surface area (Å²) in [4.78, 5) is 14.3. The highest BCUT2D eigenvalue weighted by molar-refractivity contribution is 6.30. The number of carbonyl (C=O) groups excluding carboxylic acids is 1. The predicted molar refractivity (Wildman–Crippen MR) is 114 cm³/mol. The Morgan fingerprint density at radius 1 is 1.12 bits per heavy atom. The van der Waals surface area contributed by atoms with Gasteiger partial charge in [-0.25, -0.2) is 9.40 Å². The third kappa shape index (κ3) is 4.02. The first-order valence-corrected chi connectivity index (χ1v) is 10.2. The van der Waals surface area contributed by atoms with Crippen molar-refractivity contribution in [2.45, 2.75) is 19.0 Å². The predicted octanol–water partition coefficient (Wildman–Crippen LogP) is 4.10. The minimum atomic E-state index is -0.405. The van der Waals surface area contributed by atoms with Crippen LogP contribution in [0.1, 0.15) is 23.8 Å². The quantitative estimate of drug-likeness (QED) is 0.456. The number of hydrogen-bond donors (Lipinski definition) is 0. The van der Waals surface area contributed by atoms with E-state index in [-0.39, 0.29) is 18.3 Å². The molecule has 2 aromatic carbocycles. The lowest BCUT2D eigenvalue weighted by molar-refractivity contribution is -0.134. The Bertz CT molecular complexity index is 1290. The zero-order chi connectivity index (χ0) is 22.1. The van der Waals surface area contributed by atoms with Gasteiger partial charge in [0.15, 0.2) is 0 Å². The standard InChI is InChI=1S/C22H16ClFN6O2/c23-16-8-6-14(7-9-16)18-12-19(20-5-2-10-32-20)30(26-18)21(31)13-29-27-22(25-28-29)15-3-1-4-17(24)11-15/h1-11,19H,12-13H2. The first kappa shape index (κ1) is 20.1. The highest BCUT2D eigenvalue weighted by Gasteiger charge is 2.35. The molecule has 1 aliphatic heterocycles. The number of aromatic nitrogens is 4. The lowest BCUT2D eigenvalue weighted by atomic mass is 10.0. The zero-order valence-corrected chi connectivity index (χ0v) is 17.4. The number of rotatable bonds is 5. The summed E-state index contributed by atoms with van der Waals surface area (Å²) in [7, 11) is 0. The van der Waals surface area contributed by atoms with Gasteiger partial charge in [0.1, 0.15) is 24.2 Å². The molecule has 1 amide bonds. The summed E-state index contributed by atoms with van der Waals surface area (Å²) in [5.41, 5.74) is 2.08. The van der Waals surface area contributed by atoms with Crippen LogP contribution in [0.15, 0.2) is 76.4 Å². The molecule has 1 atom stereocenters. The molecule has 0 radical (unpaired) electrons. The molecule has 4 aromatic rings. The first-order valence-electron chi connectivity index (χ1n) is 9.79. The van der Waals surface area contributed by atoms with Crippen LogP contribution in [0.3, 0.4) is 0 Å². The Kier molecular flexibility index (Phi) is 5.24. The van der Waals surface area contributed by atoms with Gasteiger partial charge >= 0.3 is 0 Å². The Morgan fingerprint density at radius 3 is 2.72 bits per heavy atom. The maximum atomic E-state index is 13.5. The monoisotopic (exact) mass is 450 g/mol. The van der Waals surface area contributed by atoms with Crippen molar-refractivity contribution in [1.82, 2.24) is 25.2 Å². The van der Waals surface area contributed by atoms with Gasteiger partial charge in [-0.3, -0.25) is 4.79 Å². The molecular weight excluding hydrogens is 435 g/mol. The molecule has 0 aliphatic carbocycles. The lowest BCUT2D eigenvalue weighted by Gasteiger charge is -2.19. The molecule has 8 nitrogen and oxygen atoms in total. The molecule has 2 aromatic heterocycles. The van der Waals surface area contributed by atoms with E-state index in [9.17, 15) is 9.18 Å². The van der Waals surface area contributed by atoms with E-state index in [4.69, 9.17) is 16.0 Å². The minimum absolute atomic E-state index is 0.184. The van der Waals surface area contributed by atoms with Gasteiger partial charge in [0.2, 0.25) is 5.82 Å². The van der Waals surface area contributed by atoms with Crippen molar-refractivity contribution >= 4 is 23.2 Å². The summed E-state index contributed by atoms with van der Waals surface area (Å²) < 4.78 is 19.0. The van der Waals surface area contributed by atoms with E-state index in [1.54, 1.807) is 42.7 Å². The summed E-state index contributed by atoms with van der Waals surface area (Å²) >= 11 is 5.99. The molecule has 32 heavy (non-hydrogen) atoms. The van der Waals surface area contributed by atoms with Crippen molar-refractivity contribution in [2.24, 2.45) is 5.10 Å². The summed E-state index contributed by atoms with van der Waals surface area (Å²) in [6.07, 6.45) is 2.04. The van der Waals surface area contributed by atoms with Crippen LogP contribution in [0.5, 0.6) is 0 Å². The normalized spacial score (nSPS) is 15.8. The molecule has 0 saturated carbocycles. The van der Waals surface area contributed by atoms with Crippen LogP contribution in [-0.2, 0) is 11.3 Å². The lowest BCUT2D eigenvalue weighted by Crippen LogP contribution is -2.31. The van der Waals surface area contributed by atoms with Gasteiger partial charge < -0.3 is 4.42 Å². The fourth-order valence-corrected chi connectivity index (χ4v) is 3.63. The maximum absolute atomic E-state index is 13.5. The molecular formula is C22H16ClFN6O2. The minimum Gasteiger partial charge on any atom is -0.467 e. The van der Waals surface area contributed by atoms with E-state index in [1.165, 1.54) is 17.1 Å². The van der Waals surface area contributed by atoms with Crippen LogP contribution in [-0.4, -0.2) is 36.8 Å². The number of tetrazole rings is 1. The fraction of sp³-hybridized carbons (Fsp3) is 0.136. The number of benzene rings is 2. The van der Waals surface area contributed by atoms with Crippen molar-refractivity contribution in [2.75, 3.05) is 0 Å². The summed E-state index contributed by atoms with van der Waals surface area (Å²) in [6, 6.07) is 16.3. The number of hydrazone groups is 1. The molecule has 0 N–H and O–H groups in total. The van der Waals surface area contributed by atoms with Crippen LogP contribution in [0, 0.1) is 5.82 Å². The van der Waals surface area contributed by atoms with Crippen molar-refractivity contribution in [3.63, 3.8) is 0 Å². The Morgan fingerprint density at radius 2 is 1.97 bits per heavy atom. The zero-order valence-electron chi connectivity index (χ0n) is 16.6. The van der Waals surface area contributed by atoms with Crippen molar-refractivity contribution in [3.8, 4) is 11.4 Å². The van der Waals surface area contributed by atoms with Gasteiger partial charge in [0, 0.05) is 17.0 Å². The van der Waals surface area contributed by atoms with Gasteiger partial charge in [-0.15, -0.1) is 10.2 Å².